The van der Waals surface area contributed by atoms with E-state index in [-0.39, 0.29) is 11.9 Å². The van der Waals surface area contributed by atoms with E-state index < -0.39 is 6.04 Å². The van der Waals surface area contributed by atoms with E-state index in [4.69, 9.17) is 10.5 Å². The van der Waals surface area contributed by atoms with Crippen LogP contribution in [0.1, 0.15) is 47.5 Å². The maximum atomic E-state index is 12.2. The van der Waals surface area contributed by atoms with E-state index in [0.29, 0.717) is 22.9 Å². The van der Waals surface area contributed by atoms with Gasteiger partial charge in [0.25, 0.3) is 0 Å². The highest BCUT2D eigenvalue weighted by Gasteiger charge is 2.28. The van der Waals surface area contributed by atoms with Crippen LogP contribution in [0.15, 0.2) is 0 Å². The zero-order valence-electron chi connectivity index (χ0n) is 12.7. The molecule has 2 rings (SSSR count). The maximum absolute atomic E-state index is 12.2. The molecule has 21 heavy (non-hydrogen) atoms. The van der Waals surface area contributed by atoms with Crippen molar-refractivity contribution in [3.8, 4) is 0 Å². The highest BCUT2D eigenvalue weighted by Crippen LogP contribution is 2.39. The standard InChI is InChI=1S/C15H22N2O3S/c1-8(2)7-10(16)13(18)17-14-12(15(19)20-3)9-5-4-6-11(9)21-14/h8,10H,4-7,16H2,1-3H3,(H,17,18)/t10-/m1/s1. The van der Waals surface area contributed by atoms with Gasteiger partial charge in [-0.05, 0) is 37.2 Å². The molecule has 0 saturated heterocycles. The Morgan fingerprint density at radius 2 is 2.10 bits per heavy atom. The molecule has 0 aliphatic heterocycles. The number of esters is 1. The second kappa shape index (κ2) is 6.58. The summed E-state index contributed by atoms with van der Waals surface area (Å²) < 4.78 is 4.85. The number of nitrogens with one attached hydrogen (secondary N) is 1. The fraction of sp³-hybridized carbons (Fsp3) is 0.600. The highest BCUT2D eigenvalue weighted by atomic mass is 32.1. The fourth-order valence-electron chi connectivity index (χ4n) is 2.63. The van der Waals surface area contributed by atoms with E-state index >= 15 is 0 Å². The number of aryl methyl sites for hydroxylation is 1. The lowest BCUT2D eigenvalue weighted by Crippen LogP contribution is -2.36. The van der Waals surface area contributed by atoms with Crippen LogP contribution in [0.25, 0.3) is 0 Å². The number of thiophene rings is 1. The molecule has 1 aromatic heterocycles. The second-order valence-electron chi connectivity index (χ2n) is 5.78. The molecule has 1 aromatic rings. The van der Waals surface area contributed by atoms with Gasteiger partial charge in [-0.25, -0.2) is 4.79 Å². The first kappa shape index (κ1) is 16.0. The molecule has 0 unspecified atom stereocenters. The number of methoxy groups -OCH3 is 1. The number of fused-ring (bicyclic) bond motifs is 1. The van der Waals surface area contributed by atoms with Crippen LogP contribution < -0.4 is 11.1 Å². The molecule has 6 heteroatoms. The Labute approximate surface area is 128 Å². The zero-order chi connectivity index (χ0) is 15.6. The van der Waals surface area contributed by atoms with Crippen molar-refractivity contribution in [2.45, 2.75) is 45.6 Å². The maximum Gasteiger partial charge on any atom is 0.341 e. The molecule has 0 saturated carbocycles. The number of hydrogen-bond acceptors (Lipinski definition) is 5. The topological polar surface area (TPSA) is 81.4 Å². The minimum Gasteiger partial charge on any atom is -0.465 e. The van der Waals surface area contributed by atoms with Crippen molar-refractivity contribution in [2.24, 2.45) is 11.7 Å². The predicted molar refractivity (Wildman–Crippen MR) is 83.7 cm³/mol. The molecule has 0 spiro atoms. The van der Waals surface area contributed by atoms with Crippen molar-refractivity contribution < 1.29 is 14.3 Å². The fourth-order valence-corrected chi connectivity index (χ4v) is 3.91. The monoisotopic (exact) mass is 310 g/mol. The molecular weight excluding hydrogens is 288 g/mol. The van der Waals surface area contributed by atoms with Crippen LogP contribution in [0.4, 0.5) is 5.00 Å². The Morgan fingerprint density at radius 3 is 2.71 bits per heavy atom. The SMILES string of the molecule is COC(=O)c1c(NC(=O)[C@H](N)CC(C)C)sc2c1CCC2. The molecule has 0 radical (unpaired) electrons. The molecule has 0 aromatic carbocycles. The van der Waals surface area contributed by atoms with Crippen LogP contribution in [-0.2, 0) is 22.4 Å². The van der Waals surface area contributed by atoms with Gasteiger partial charge in [0.1, 0.15) is 5.00 Å². The normalized spacial score (nSPS) is 14.9. The van der Waals surface area contributed by atoms with Gasteiger partial charge in [0, 0.05) is 4.88 Å². The smallest absolute Gasteiger partial charge is 0.341 e. The van der Waals surface area contributed by atoms with E-state index in [2.05, 4.69) is 5.32 Å². The van der Waals surface area contributed by atoms with Crippen LogP contribution >= 0.6 is 11.3 Å². The summed E-state index contributed by atoms with van der Waals surface area (Å²) in [7, 11) is 1.36. The zero-order valence-corrected chi connectivity index (χ0v) is 13.5. The average Bonchev–Trinajstić information content (AvgIpc) is 2.97. The molecular formula is C15H22N2O3S. The predicted octanol–water partition coefficient (Wildman–Crippen LogP) is 2.34. The molecule has 5 nitrogen and oxygen atoms in total. The van der Waals surface area contributed by atoms with Crippen LogP contribution in [0.2, 0.25) is 0 Å². The number of hydrogen-bond donors (Lipinski definition) is 2. The van der Waals surface area contributed by atoms with Gasteiger partial charge in [0.15, 0.2) is 0 Å². The van der Waals surface area contributed by atoms with Gasteiger partial charge in [0.05, 0.1) is 18.7 Å². The summed E-state index contributed by atoms with van der Waals surface area (Å²) >= 11 is 1.47. The second-order valence-corrected chi connectivity index (χ2v) is 6.88. The van der Waals surface area contributed by atoms with Crippen LogP contribution in [0, 0.1) is 5.92 Å². The molecule has 1 amide bonds. The molecule has 1 atom stereocenters. The lowest BCUT2D eigenvalue weighted by Gasteiger charge is -2.14. The molecule has 1 aliphatic carbocycles. The Bertz CT molecular complexity index is 551. The third kappa shape index (κ3) is 3.44. The molecule has 1 heterocycles. The van der Waals surface area contributed by atoms with Crippen LogP contribution in [-0.4, -0.2) is 25.0 Å². The summed E-state index contributed by atoms with van der Waals surface area (Å²) in [6.45, 7) is 4.04. The van der Waals surface area contributed by atoms with E-state index in [1.807, 2.05) is 13.8 Å². The Hall–Kier alpha value is -1.40. The first-order valence-corrected chi connectivity index (χ1v) is 8.05. The summed E-state index contributed by atoms with van der Waals surface area (Å²) in [4.78, 5) is 25.3. The first-order chi connectivity index (χ1) is 9.93. The third-order valence-electron chi connectivity index (χ3n) is 3.61. The number of ether oxygens (including phenoxy) is 1. The van der Waals surface area contributed by atoms with E-state index in [0.717, 1.165) is 24.8 Å². The summed E-state index contributed by atoms with van der Waals surface area (Å²) in [5.41, 5.74) is 7.43. The summed E-state index contributed by atoms with van der Waals surface area (Å²) in [5.74, 6) is -0.282. The van der Waals surface area contributed by atoms with Crippen molar-refractivity contribution in [1.29, 1.82) is 0 Å². The number of amides is 1. The third-order valence-corrected chi connectivity index (χ3v) is 4.82. The number of anilines is 1. The lowest BCUT2D eigenvalue weighted by molar-refractivity contribution is -0.117. The molecule has 116 valence electrons. The quantitative estimate of drug-likeness (QED) is 0.818. The van der Waals surface area contributed by atoms with Gasteiger partial charge in [-0.1, -0.05) is 13.8 Å². The van der Waals surface area contributed by atoms with Crippen molar-refractivity contribution in [2.75, 3.05) is 12.4 Å². The number of rotatable bonds is 5. The summed E-state index contributed by atoms with van der Waals surface area (Å²) in [5, 5.41) is 3.39. The van der Waals surface area contributed by atoms with Crippen molar-refractivity contribution in [3.63, 3.8) is 0 Å². The van der Waals surface area contributed by atoms with Crippen molar-refractivity contribution >= 4 is 28.2 Å². The van der Waals surface area contributed by atoms with Gasteiger partial charge < -0.3 is 15.8 Å². The highest BCUT2D eigenvalue weighted by molar-refractivity contribution is 7.17. The Balaban J connectivity index is 2.20. The van der Waals surface area contributed by atoms with Crippen LogP contribution in [0.3, 0.4) is 0 Å². The van der Waals surface area contributed by atoms with E-state index in [1.54, 1.807) is 0 Å². The van der Waals surface area contributed by atoms with Gasteiger partial charge >= 0.3 is 5.97 Å². The minimum atomic E-state index is -0.563. The summed E-state index contributed by atoms with van der Waals surface area (Å²) in [6, 6.07) is -0.563. The van der Waals surface area contributed by atoms with E-state index in [9.17, 15) is 9.59 Å². The van der Waals surface area contributed by atoms with Crippen LogP contribution in [0.5, 0.6) is 0 Å². The number of carbonyl (C=O) groups is 2. The molecule has 3 N–H and O–H groups in total. The largest absolute Gasteiger partial charge is 0.465 e. The molecule has 0 bridgehead atoms. The van der Waals surface area contributed by atoms with E-state index in [1.165, 1.54) is 23.3 Å². The Morgan fingerprint density at radius 1 is 1.38 bits per heavy atom. The minimum absolute atomic E-state index is 0.242. The molecule has 0 fully saturated rings. The average molecular weight is 310 g/mol. The lowest BCUT2D eigenvalue weighted by atomic mass is 10.0. The van der Waals surface area contributed by atoms with Gasteiger partial charge in [-0.15, -0.1) is 11.3 Å². The van der Waals surface area contributed by atoms with Crippen molar-refractivity contribution in [3.05, 3.63) is 16.0 Å². The van der Waals surface area contributed by atoms with Gasteiger partial charge in [0.2, 0.25) is 5.91 Å². The number of nitrogens with two attached hydrogens (primary N) is 1. The van der Waals surface area contributed by atoms with Gasteiger partial charge in [-0.3, -0.25) is 4.79 Å². The van der Waals surface area contributed by atoms with Crippen molar-refractivity contribution in [1.82, 2.24) is 0 Å². The molecule has 1 aliphatic rings. The summed E-state index contributed by atoms with van der Waals surface area (Å²) in [6.07, 6.45) is 3.48. The van der Waals surface area contributed by atoms with Gasteiger partial charge in [-0.2, -0.15) is 0 Å². The Kier molecular flexibility index (Phi) is 5.00. The number of carbonyl (C=O) groups excluding carboxylic acids is 2. The first-order valence-electron chi connectivity index (χ1n) is 7.23.